The molecule has 0 aromatic carbocycles. The SMILES string of the molecule is C=COC(=O)CCCCCCCCC(Cl)CCl. The highest BCUT2D eigenvalue weighted by atomic mass is 35.5. The molecule has 0 saturated carbocycles. The van der Waals surface area contributed by atoms with Crippen LogP contribution in [0.5, 0.6) is 0 Å². The third kappa shape index (κ3) is 12.0. The van der Waals surface area contributed by atoms with Gasteiger partial charge in [-0.3, -0.25) is 4.79 Å². The Morgan fingerprint density at radius 2 is 1.76 bits per heavy atom. The maximum Gasteiger partial charge on any atom is 0.310 e. The second-order valence-electron chi connectivity index (χ2n) is 4.07. The first-order valence-electron chi connectivity index (χ1n) is 6.21. The molecule has 4 heteroatoms. The van der Waals surface area contributed by atoms with Crippen molar-refractivity contribution in [3.05, 3.63) is 12.8 Å². The molecule has 0 amide bonds. The quantitative estimate of drug-likeness (QED) is 0.239. The van der Waals surface area contributed by atoms with Crippen molar-refractivity contribution in [1.29, 1.82) is 0 Å². The van der Waals surface area contributed by atoms with Crippen LogP contribution in [0.4, 0.5) is 0 Å². The third-order valence-electron chi connectivity index (χ3n) is 2.53. The van der Waals surface area contributed by atoms with Crippen molar-refractivity contribution < 1.29 is 9.53 Å². The van der Waals surface area contributed by atoms with Gasteiger partial charge in [0, 0.05) is 17.7 Å². The van der Waals surface area contributed by atoms with Gasteiger partial charge in [-0.05, 0) is 12.8 Å². The molecular formula is C13H22Cl2O2. The maximum atomic E-state index is 11.0. The van der Waals surface area contributed by atoms with Gasteiger partial charge in [-0.15, -0.1) is 23.2 Å². The fourth-order valence-corrected chi connectivity index (χ4v) is 1.88. The summed E-state index contributed by atoms with van der Waals surface area (Å²) in [4.78, 5) is 11.0. The minimum atomic E-state index is -0.188. The molecule has 0 aliphatic carbocycles. The molecule has 1 unspecified atom stereocenters. The topological polar surface area (TPSA) is 26.3 Å². The Bertz CT molecular complexity index is 208. The van der Waals surface area contributed by atoms with Gasteiger partial charge in [0.1, 0.15) is 0 Å². The van der Waals surface area contributed by atoms with Gasteiger partial charge < -0.3 is 4.74 Å². The van der Waals surface area contributed by atoms with Gasteiger partial charge in [0.05, 0.1) is 6.26 Å². The fraction of sp³-hybridized carbons (Fsp3) is 0.769. The number of alkyl halides is 2. The van der Waals surface area contributed by atoms with Crippen LogP contribution in [-0.4, -0.2) is 17.2 Å². The van der Waals surface area contributed by atoms with Crippen LogP contribution in [-0.2, 0) is 9.53 Å². The van der Waals surface area contributed by atoms with Gasteiger partial charge in [-0.1, -0.05) is 38.7 Å². The van der Waals surface area contributed by atoms with Gasteiger partial charge in [-0.25, -0.2) is 0 Å². The van der Waals surface area contributed by atoms with E-state index < -0.39 is 0 Å². The number of carbonyl (C=O) groups excluding carboxylic acids is 1. The molecule has 0 bridgehead atoms. The second-order valence-corrected chi connectivity index (χ2v) is 4.99. The van der Waals surface area contributed by atoms with E-state index in [0.717, 1.165) is 32.1 Å². The summed E-state index contributed by atoms with van der Waals surface area (Å²) in [5, 5.41) is 0.116. The minimum Gasteiger partial charge on any atom is -0.435 e. The number of ether oxygens (including phenoxy) is 1. The molecule has 0 aliphatic heterocycles. The molecule has 0 aliphatic rings. The summed E-state index contributed by atoms with van der Waals surface area (Å²) in [7, 11) is 0. The van der Waals surface area contributed by atoms with E-state index in [1.807, 2.05) is 0 Å². The van der Waals surface area contributed by atoms with Gasteiger partial charge in [0.25, 0.3) is 0 Å². The number of unbranched alkanes of at least 4 members (excludes halogenated alkanes) is 5. The predicted molar refractivity (Wildman–Crippen MR) is 73.6 cm³/mol. The Kier molecular flexibility index (Phi) is 12.1. The molecule has 0 spiro atoms. The van der Waals surface area contributed by atoms with E-state index in [9.17, 15) is 4.79 Å². The van der Waals surface area contributed by atoms with E-state index in [0.29, 0.717) is 12.3 Å². The van der Waals surface area contributed by atoms with E-state index in [1.165, 1.54) is 19.1 Å². The number of carbonyl (C=O) groups is 1. The molecule has 17 heavy (non-hydrogen) atoms. The van der Waals surface area contributed by atoms with Crippen LogP contribution in [0.2, 0.25) is 0 Å². The van der Waals surface area contributed by atoms with Crippen molar-refractivity contribution in [2.24, 2.45) is 0 Å². The molecule has 100 valence electrons. The van der Waals surface area contributed by atoms with Crippen LogP contribution in [0.3, 0.4) is 0 Å². The van der Waals surface area contributed by atoms with Crippen LogP contribution in [0, 0.1) is 0 Å². The van der Waals surface area contributed by atoms with Crippen LogP contribution in [0.25, 0.3) is 0 Å². The molecule has 0 aromatic rings. The zero-order valence-electron chi connectivity index (χ0n) is 10.3. The van der Waals surface area contributed by atoms with Crippen LogP contribution >= 0.6 is 23.2 Å². The van der Waals surface area contributed by atoms with E-state index in [-0.39, 0.29) is 11.3 Å². The normalized spacial score (nSPS) is 12.1. The number of esters is 1. The van der Waals surface area contributed by atoms with Gasteiger partial charge in [0.15, 0.2) is 0 Å². The zero-order chi connectivity index (χ0) is 12.9. The summed E-state index contributed by atoms with van der Waals surface area (Å²) in [6.07, 6.45) is 9.33. The Morgan fingerprint density at radius 1 is 1.18 bits per heavy atom. The number of hydrogen-bond donors (Lipinski definition) is 0. The smallest absolute Gasteiger partial charge is 0.310 e. The average molecular weight is 281 g/mol. The first kappa shape index (κ1) is 16.8. The predicted octanol–water partition coefficient (Wildman–Crippen LogP) is 4.64. The van der Waals surface area contributed by atoms with Crippen molar-refractivity contribution in [3.8, 4) is 0 Å². The Morgan fingerprint density at radius 3 is 2.35 bits per heavy atom. The van der Waals surface area contributed by atoms with Crippen molar-refractivity contribution in [2.75, 3.05) is 5.88 Å². The van der Waals surface area contributed by atoms with Crippen molar-refractivity contribution in [3.63, 3.8) is 0 Å². The summed E-state index contributed by atoms with van der Waals surface area (Å²) >= 11 is 11.5. The zero-order valence-corrected chi connectivity index (χ0v) is 11.8. The minimum absolute atomic E-state index is 0.116. The molecule has 0 N–H and O–H groups in total. The van der Waals surface area contributed by atoms with Crippen molar-refractivity contribution >= 4 is 29.2 Å². The van der Waals surface area contributed by atoms with Gasteiger partial charge in [-0.2, -0.15) is 0 Å². The summed E-state index contributed by atoms with van der Waals surface area (Å²) in [6, 6.07) is 0. The van der Waals surface area contributed by atoms with E-state index in [2.05, 4.69) is 11.3 Å². The summed E-state index contributed by atoms with van der Waals surface area (Å²) in [6.45, 7) is 3.34. The lowest BCUT2D eigenvalue weighted by Gasteiger charge is -2.04. The monoisotopic (exact) mass is 280 g/mol. The van der Waals surface area contributed by atoms with Crippen molar-refractivity contribution in [2.45, 2.75) is 56.7 Å². The van der Waals surface area contributed by atoms with Crippen LogP contribution in [0.15, 0.2) is 12.8 Å². The number of rotatable bonds is 11. The lowest BCUT2D eigenvalue weighted by Crippen LogP contribution is -1.99. The number of halogens is 2. The molecule has 0 fully saturated rings. The van der Waals surface area contributed by atoms with Crippen LogP contribution < -0.4 is 0 Å². The first-order chi connectivity index (χ1) is 8.20. The Balaban J connectivity index is 3.13. The molecule has 0 aromatic heterocycles. The highest BCUT2D eigenvalue weighted by Crippen LogP contribution is 2.13. The highest BCUT2D eigenvalue weighted by molar-refractivity contribution is 6.28. The molecule has 1 atom stereocenters. The fourth-order valence-electron chi connectivity index (χ4n) is 1.57. The molecule has 2 nitrogen and oxygen atoms in total. The molecular weight excluding hydrogens is 259 g/mol. The second kappa shape index (κ2) is 12.3. The third-order valence-corrected chi connectivity index (χ3v) is 3.43. The Hall–Kier alpha value is -0.210. The molecule has 0 saturated heterocycles. The lowest BCUT2D eigenvalue weighted by molar-refractivity contribution is -0.138. The van der Waals surface area contributed by atoms with Gasteiger partial charge >= 0.3 is 5.97 Å². The molecule has 0 heterocycles. The maximum absolute atomic E-state index is 11.0. The average Bonchev–Trinajstić information content (AvgIpc) is 2.32. The van der Waals surface area contributed by atoms with E-state index in [1.54, 1.807) is 0 Å². The van der Waals surface area contributed by atoms with Crippen molar-refractivity contribution in [1.82, 2.24) is 0 Å². The largest absolute Gasteiger partial charge is 0.435 e. The summed E-state index contributed by atoms with van der Waals surface area (Å²) in [5.41, 5.74) is 0. The van der Waals surface area contributed by atoms with E-state index in [4.69, 9.17) is 23.2 Å². The summed E-state index contributed by atoms with van der Waals surface area (Å²) in [5.74, 6) is 0.347. The van der Waals surface area contributed by atoms with E-state index >= 15 is 0 Å². The molecule has 0 radical (unpaired) electrons. The standard InChI is InChI=1S/C13H22Cl2O2/c1-2-17-13(16)10-8-6-4-3-5-7-9-12(15)11-14/h2,12H,1,3-11H2. The van der Waals surface area contributed by atoms with Gasteiger partial charge in [0.2, 0.25) is 0 Å². The number of hydrogen-bond acceptors (Lipinski definition) is 2. The Labute approximate surface area is 114 Å². The summed E-state index contributed by atoms with van der Waals surface area (Å²) < 4.78 is 4.62. The molecule has 0 rings (SSSR count). The van der Waals surface area contributed by atoms with Crippen LogP contribution in [0.1, 0.15) is 51.4 Å². The highest BCUT2D eigenvalue weighted by Gasteiger charge is 2.02. The first-order valence-corrected chi connectivity index (χ1v) is 7.18. The lowest BCUT2D eigenvalue weighted by atomic mass is 10.1.